The number of ether oxygens (including phenoxy) is 2. The van der Waals surface area contributed by atoms with E-state index in [-0.39, 0.29) is 5.91 Å². The van der Waals surface area contributed by atoms with Crippen molar-refractivity contribution in [2.45, 2.75) is 45.6 Å². The van der Waals surface area contributed by atoms with Crippen molar-refractivity contribution >= 4 is 5.91 Å². The fourth-order valence-electron chi connectivity index (χ4n) is 3.39. The maximum atomic E-state index is 12.2. The number of carbonyl (C=O) groups is 1. The highest BCUT2D eigenvalue weighted by molar-refractivity contribution is 5.77. The zero-order valence-corrected chi connectivity index (χ0v) is 17.6. The van der Waals surface area contributed by atoms with Gasteiger partial charge in [0.05, 0.1) is 18.5 Å². The lowest BCUT2D eigenvalue weighted by molar-refractivity contribution is -0.121. The highest BCUT2D eigenvalue weighted by Crippen LogP contribution is 2.32. The van der Waals surface area contributed by atoms with E-state index in [1.54, 1.807) is 11.8 Å². The molecular weight excluding hydrogens is 378 g/mol. The first-order chi connectivity index (χ1) is 14.5. The predicted octanol–water partition coefficient (Wildman–Crippen LogP) is 4.50. The van der Waals surface area contributed by atoms with E-state index < -0.39 is 0 Å². The number of carbonyl (C=O) groups excluding carboxylic acids is 1. The molecule has 1 amide bonds. The Bertz CT molecular complexity index is 1040. The van der Waals surface area contributed by atoms with Crippen molar-refractivity contribution in [3.05, 3.63) is 65.4 Å². The molecule has 30 heavy (non-hydrogen) atoms. The van der Waals surface area contributed by atoms with Crippen LogP contribution >= 0.6 is 0 Å². The van der Waals surface area contributed by atoms with Crippen LogP contribution in [0.1, 0.15) is 36.1 Å². The number of hydrogen-bond acceptors (Lipinski definition) is 4. The fraction of sp³-hybridized carbons (Fsp3) is 0.333. The molecule has 1 aliphatic rings. The Hall–Kier alpha value is -3.28. The van der Waals surface area contributed by atoms with E-state index in [9.17, 15) is 4.79 Å². The Kier molecular flexibility index (Phi) is 5.74. The van der Waals surface area contributed by atoms with Gasteiger partial charge in [0.1, 0.15) is 11.5 Å². The monoisotopic (exact) mass is 405 g/mol. The van der Waals surface area contributed by atoms with E-state index in [1.165, 1.54) is 0 Å². The molecular formula is C24H27N3O3. The lowest BCUT2D eigenvalue weighted by Gasteiger charge is -2.12. The van der Waals surface area contributed by atoms with Gasteiger partial charge in [-0.1, -0.05) is 12.1 Å². The van der Waals surface area contributed by atoms with Crippen LogP contribution in [-0.2, 0) is 11.2 Å². The Labute approximate surface area is 176 Å². The van der Waals surface area contributed by atoms with Gasteiger partial charge in [-0.2, -0.15) is 5.10 Å². The topological polar surface area (TPSA) is 65.4 Å². The number of nitrogens with zero attached hydrogens (tertiary/aromatic N) is 2. The van der Waals surface area contributed by atoms with Crippen molar-refractivity contribution in [1.29, 1.82) is 0 Å². The molecule has 1 aromatic heterocycles. The average molecular weight is 405 g/mol. The largest absolute Gasteiger partial charge is 0.497 e. The lowest BCUT2D eigenvalue weighted by atomic mass is 10.1. The third-order valence-corrected chi connectivity index (χ3v) is 5.20. The first-order valence-corrected chi connectivity index (χ1v) is 10.3. The van der Waals surface area contributed by atoms with Crippen LogP contribution in [0.25, 0.3) is 5.69 Å². The van der Waals surface area contributed by atoms with Crippen molar-refractivity contribution in [2.24, 2.45) is 0 Å². The summed E-state index contributed by atoms with van der Waals surface area (Å²) in [4.78, 5) is 12.2. The first-order valence-electron chi connectivity index (χ1n) is 10.3. The molecule has 1 fully saturated rings. The van der Waals surface area contributed by atoms with E-state index >= 15 is 0 Å². The fourth-order valence-corrected chi connectivity index (χ4v) is 3.39. The van der Waals surface area contributed by atoms with Crippen LogP contribution in [0.2, 0.25) is 0 Å². The van der Waals surface area contributed by atoms with E-state index in [4.69, 9.17) is 14.6 Å². The second-order valence-electron chi connectivity index (χ2n) is 7.74. The van der Waals surface area contributed by atoms with Crippen LogP contribution in [0.3, 0.4) is 0 Å². The standard InChI is InChI=1S/C24H27N3O3/c1-16-5-4-6-21(15-16)30-24-22(13-14-23(28)25-18-7-8-18)17(2)26-27(24)19-9-11-20(29-3)12-10-19/h4-6,9-12,15,18H,7-8,13-14H2,1-3H3,(H,25,28). The van der Waals surface area contributed by atoms with Gasteiger partial charge in [0.15, 0.2) is 0 Å². The van der Waals surface area contributed by atoms with Gasteiger partial charge in [-0.25, -0.2) is 4.68 Å². The Morgan fingerprint density at radius 1 is 1.13 bits per heavy atom. The molecule has 156 valence electrons. The molecule has 1 N–H and O–H groups in total. The number of hydrogen-bond donors (Lipinski definition) is 1. The van der Waals surface area contributed by atoms with Crippen LogP contribution < -0.4 is 14.8 Å². The third-order valence-electron chi connectivity index (χ3n) is 5.20. The van der Waals surface area contributed by atoms with Crippen molar-refractivity contribution in [3.63, 3.8) is 0 Å². The molecule has 0 bridgehead atoms. The molecule has 0 radical (unpaired) electrons. The van der Waals surface area contributed by atoms with Crippen LogP contribution in [-0.4, -0.2) is 28.8 Å². The summed E-state index contributed by atoms with van der Waals surface area (Å²) in [6.07, 6.45) is 3.15. The van der Waals surface area contributed by atoms with Gasteiger partial charge in [0, 0.05) is 18.0 Å². The second kappa shape index (κ2) is 8.61. The Morgan fingerprint density at radius 2 is 1.90 bits per heavy atom. The smallest absolute Gasteiger partial charge is 0.226 e. The first kappa shape index (κ1) is 20.0. The minimum Gasteiger partial charge on any atom is -0.497 e. The van der Waals surface area contributed by atoms with Gasteiger partial charge in [-0.05, 0) is 75.1 Å². The molecule has 1 heterocycles. The summed E-state index contributed by atoms with van der Waals surface area (Å²) in [5, 5.41) is 7.78. The van der Waals surface area contributed by atoms with Gasteiger partial charge < -0.3 is 14.8 Å². The summed E-state index contributed by atoms with van der Waals surface area (Å²) in [5.41, 5.74) is 3.78. The van der Waals surface area contributed by atoms with Gasteiger partial charge >= 0.3 is 0 Å². The third kappa shape index (κ3) is 4.64. The summed E-state index contributed by atoms with van der Waals surface area (Å²) in [6.45, 7) is 3.99. The van der Waals surface area contributed by atoms with E-state index in [0.717, 1.165) is 46.8 Å². The quantitative estimate of drug-likeness (QED) is 0.599. The molecule has 6 heteroatoms. The van der Waals surface area contributed by atoms with Crippen LogP contribution in [0.5, 0.6) is 17.4 Å². The molecule has 0 unspecified atom stereocenters. The molecule has 4 rings (SSSR count). The molecule has 2 aromatic carbocycles. The van der Waals surface area contributed by atoms with Crippen molar-refractivity contribution in [2.75, 3.05) is 7.11 Å². The number of methoxy groups -OCH3 is 1. The van der Waals surface area contributed by atoms with Crippen LogP contribution in [0.15, 0.2) is 48.5 Å². The van der Waals surface area contributed by atoms with E-state index in [0.29, 0.717) is 24.8 Å². The van der Waals surface area contributed by atoms with Crippen LogP contribution in [0.4, 0.5) is 0 Å². The minimum atomic E-state index is 0.0793. The second-order valence-corrected chi connectivity index (χ2v) is 7.74. The molecule has 0 saturated heterocycles. The minimum absolute atomic E-state index is 0.0793. The molecule has 3 aromatic rings. The number of aryl methyl sites for hydroxylation is 2. The SMILES string of the molecule is COc1ccc(-n2nc(C)c(CCC(=O)NC3CC3)c2Oc2cccc(C)c2)cc1. The Balaban J connectivity index is 1.66. The highest BCUT2D eigenvalue weighted by Gasteiger charge is 2.24. The normalized spacial score (nSPS) is 13.2. The zero-order valence-electron chi connectivity index (χ0n) is 17.6. The molecule has 1 aliphatic carbocycles. The number of nitrogens with one attached hydrogen (secondary N) is 1. The summed E-state index contributed by atoms with van der Waals surface area (Å²) in [7, 11) is 1.64. The van der Waals surface area contributed by atoms with E-state index in [2.05, 4.69) is 5.32 Å². The molecule has 0 spiro atoms. The summed E-state index contributed by atoms with van der Waals surface area (Å²) in [5.74, 6) is 2.24. The summed E-state index contributed by atoms with van der Waals surface area (Å²) >= 11 is 0. The molecule has 1 saturated carbocycles. The average Bonchev–Trinajstić information content (AvgIpc) is 3.50. The van der Waals surface area contributed by atoms with Crippen LogP contribution in [0, 0.1) is 13.8 Å². The molecule has 0 atom stereocenters. The number of rotatable bonds is 8. The maximum Gasteiger partial charge on any atom is 0.226 e. The molecule has 6 nitrogen and oxygen atoms in total. The summed E-state index contributed by atoms with van der Waals surface area (Å²) < 4.78 is 13.4. The predicted molar refractivity (Wildman–Crippen MR) is 116 cm³/mol. The zero-order chi connectivity index (χ0) is 21.1. The van der Waals surface area contributed by atoms with Crippen molar-refractivity contribution in [1.82, 2.24) is 15.1 Å². The highest BCUT2D eigenvalue weighted by atomic mass is 16.5. The van der Waals surface area contributed by atoms with E-state index in [1.807, 2.05) is 62.4 Å². The van der Waals surface area contributed by atoms with Gasteiger partial charge in [-0.3, -0.25) is 4.79 Å². The maximum absolute atomic E-state index is 12.2. The molecule has 0 aliphatic heterocycles. The number of benzene rings is 2. The Morgan fingerprint density at radius 3 is 2.57 bits per heavy atom. The van der Waals surface area contributed by atoms with Gasteiger partial charge in [0.25, 0.3) is 0 Å². The van der Waals surface area contributed by atoms with Gasteiger partial charge in [-0.15, -0.1) is 0 Å². The number of amides is 1. The lowest BCUT2D eigenvalue weighted by Crippen LogP contribution is -2.25. The van der Waals surface area contributed by atoms with Crippen molar-refractivity contribution < 1.29 is 14.3 Å². The summed E-state index contributed by atoms with van der Waals surface area (Å²) in [6, 6.07) is 16.0. The van der Waals surface area contributed by atoms with Crippen molar-refractivity contribution in [3.8, 4) is 23.1 Å². The van der Waals surface area contributed by atoms with Gasteiger partial charge in [0.2, 0.25) is 11.8 Å². The number of aromatic nitrogens is 2.